The Labute approximate surface area is 130 Å². The van der Waals surface area contributed by atoms with E-state index in [0.29, 0.717) is 15.7 Å². The van der Waals surface area contributed by atoms with Crippen LogP contribution in [0, 0.1) is 0 Å². The Morgan fingerprint density at radius 2 is 2.24 bits per heavy atom. The Morgan fingerprint density at radius 3 is 2.86 bits per heavy atom. The van der Waals surface area contributed by atoms with Gasteiger partial charge in [0.05, 0.1) is 16.8 Å². The number of carbonyl (C=O) groups excluding carboxylic acids is 1. The first-order valence-electron chi connectivity index (χ1n) is 6.19. The molecule has 0 spiro atoms. The minimum Gasteiger partial charge on any atom is -0.481 e. The Kier molecular flexibility index (Phi) is 4.74. The maximum Gasteiger partial charge on any atom is 0.313 e. The number of aliphatic carboxylic acids is 1. The van der Waals surface area contributed by atoms with Gasteiger partial charge in [0.2, 0.25) is 5.91 Å². The second-order valence-corrected chi connectivity index (χ2v) is 5.98. The predicted molar refractivity (Wildman–Crippen MR) is 81.6 cm³/mol. The van der Waals surface area contributed by atoms with E-state index >= 15 is 0 Å². The zero-order valence-corrected chi connectivity index (χ0v) is 12.8. The summed E-state index contributed by atoms with van der Waals surface area (Å²) in [6.07, 6.45) is 0.148. The van der Waals surface area contributed by atoms with Crippen molar-refractivity contribution >= 4 is 46.3 Å². The summed E-state index contributed by atoms with van der Waals surface area (Å²) in [5.41, 5.74) is 6.70. The number of carboxylic acids is 1. The summed E-state index contributed by atoms with van der Waals surface area (Å²) in [5.74, 6) is -1.47. The number of hydrogen-bond acceptors (Lipinski definition) is 4. The molecule has 1 aromatic heterocycles. The molecule has 1 atom stereocenters. The molecule has 0 fully saturated rings. The van der Waals surface area contributed by atoms with Crippen molar-refractivity contribution < 1.29 is 14.7 Å². The van der Waals surface area contributed by atoms with Gasteiger partial charge in [0.25, 0.3) is 0 Å². The maximum absolute atomic E-state index is 11.1. The van der Waals surface area contributed by atoms with Crippen LogP contribution in [0.15, 0.2) is 23.4 Å². The van der Waals surface area contributed by atoms with Gasteiger partial charge in [-0.2, -0.15) is 0 Å². The standard InChI is InChI=1S/C13H14ClN3O3S/c1-7(4-11(15)18)17-10-3-2-8(14)5-9(10)16-13(17)21-6-12(19)20/h2-3,5,7H,4,6H2,1H3,(H2,15,18)(H,19,20). The van der Waals surface area contributed by atoms with Gasteiger partial charge in [0.1, 0.15) is 0 Å². The van der Waals surface area contributed by atoms with Crippen LogP contribution >= 0.6 is 23.4 Å². The number of hydrogen-bond donors (Lipinski definition) is 2. The second kappa shape index (κ2) is 6.36. The Hall–Kier alpha value is -1.73. The van der Waals surface area contributed by atoms with Crippen molar-refractivity contribution in [2.75, 3.05) is 5.75 Å². The number of halogens is 1. The largest absolute Gasteiger partial charge is 0.481 e. The van der Waals surface area contributed by atoms with Crippen LogP contribution in [0.2, 0.25) is 5.02 Å². The van der Waals surface area contributed by atoms with Gasteiger partial charge in [-0.1, -0.05) is 23.4 Å². The molecule has 1 unspecified atom stereocenters. The number of thioether (sulfide) groups is 1. The number of amides is 1. The molecule has 1 amide bonds. The number of primary amides is 1. The summed E-state index contributed by atoms with van der Waals surface area (Å²) in [4.78, 5) is 26.3. The number of carboxylic acid groups (broad SMARTS) is 1. The van der Waals surface area contributed by atoms with Crippen LogP contribution in [-0.2, 0) is 9.59 Å². The summed E-state index contributed by atoms with van der Waals surface area (Å²) in [6.45, 7) is 1.84. The fourth-order valence-corrected chi connectivity index (χ4v) is 3.09. The molecule has 8 heteroatoms. The van der Waals surface area contributed by atoms with Crippen molar-refractivity contribution in [3.8, 4) is 0 Å². The average Bonchev–Trinajstić information content (AvgIpc) is 2.72. The van der Waals surface area contributed by atoms with Gasteiger partial charge in [-0.15, -0.1) is 0 Å². The van der Waals surface area contributed by atoms with E-state index in [0.717, 1.165) is 17.3 Å². The fourth-order valence-electron chi connectivity index (χ4n) is 2.09. The monoisotopic (exact) mass is 327 g/mol. The number of nitrogens with zero attached hydrogens (tertiary/aromatic N) is 2. The molecule has 3 N–H and O–H groups in total. The van der Waals surface area contributed by atoms with Crippen LogP contribution in [0.4, 0.5) is 0 Å². The topological polar surface area (TPSA) is 98.2 Å². The van der Waals surface area contributed by atoms with Gasteiger partial charge in [-0.3, -0.25) is 9.59 Å². The Balaban J connectivity index is 2.48. The number of carbonyl (C=O) groups is 2. The van der Waals surface area contributed by atoms with Crippen LogP contribution < -0.4 is 5.73 Å². The third-order valence-electron chi connectivity index (χ3n) is 2.88. The number of imidazole rings is 1. The first kappa shape index (κ1) is 15.7. The fraction of sp³-hybridized carbons (Fsp3) is 0.308. The third-order valence-corrected chi connectivity index (χ3v) is 4.05. The van der Waals surface area contributed by atoms with Gasteiger partial charge in [0.15, 0.2) is 5.16 Å². The summed E-state index contributed by atoms with van der Waals surface area (Å²) in [7, 11) is 0. The molecular weight excluding hydrogens is 314 g/mol. The van der Waals surface area contributed by atoms with Crippen LogP contribution in [0.5, 0.6) is 0 Å². The van der Waals surface area contributed by atoms with Gasteiger partial charge < -0.3 is 15.4 Å². The molecule has 0 aliphatic heterocycles. The highest BCUT2D eigenvalue weighted by Gasteiger charge is 2.18. The maximum atomic E-state index is 11.1. The average molecular weight is 328 g/mol. The van der Waals surface area contributed by atoms with Gasteiger partial charge in [0, 0.05) is 17.5 Å². The summed E-state index contributed by atoms with van der Waals surface area (Å²) >= 11 is 7.05. The lowest BCUT2D eigenvalue weighted by molar-refractivity contribution is -0.134. The van der Waals surface area contributed by atoms with Crippen molar-refractivity contribution in [2.24, 2.45) is 5.73 Å². The number of aromatic nitrogens is 2. The van der Waals surface area contributed by atoms with E-state index < -0.39 is 11.9 Å². The quantitative estimate of drug-likeness (QED) is 0.793. The van der Waals surface area contributed by atoms with E-state index in [1.165, 1.54) is 0 Å². The first-order chi connectivity index (χ1) is 9.88. The first-order valence-corrected chi connectivity index (χ1v) is 7.55. The number of benzene rings is 1. The van der Waals surface area contributed by atoms with E-state index in [-0.39, 0.29) is 18.2 Å². The van der Waals surface area contributed by atoms with Crippen LogP contribution in [0.25, 0.3) is 11.0 Å². The smallest absolute Gasteiger partial charge is 0.313 e. The van der Waals surface area contributed by atoms with Gasteiger partial charge in [-0.25, -0.2) is 4.98 Å². The normalized spacial score (nSPS) is 12.5. The number of nitrogens with two attached hydrogens (primary N) is 1. The lowest BCUT2D eigenvalue weighted by Gasteiger charge is -2.15. The Morgan fingerprint density at radius 1 is 1.52 bits per heavy atom. The molecule has 2 aromatic rings. The van der Waals surface area contributed by atoms with Crippen molar-refractivity contribution in [2.45, 2.75) is 24.5 Å². The molecule has 6 nitrogen and oxygen atoms in total. The molecule has 0 aliphatic carbocycles. The summed E-state index contributed by atoms with van der Waals surface area (Å²) in [6, 6.07) is 5.01. The van der Waals surface area contributed by atoms with Crippen molar-refractivity contribution in [1.82, 2.24) is 9.55 Å². The molecule has 0 aliphatic rings. The Bertz CT molecular complexity index is 701. The van der Waals surface area contributed by atoms with E-state index in [2.05, 4.69) is 4.98 Å². The molecule has 0 saturated carbocycles. The molecule has 0 saturated heterocycles. The van der Waals surface area contributed by atoms with Crippen molar-refractivity contribution in [1.29, 1.82) is 0 Å². The highest BCUT2D eigenvalue weighted by Crippen LogP contribution is 2.30. The second-order valence-electron chi connectivity index (χ2n) is 4.60. The minimum atomic E-state index is -0.931. The lowest BCUT2D eigenvalue weighted by Crippen LogP contribution is -2.18. The SMILES string of the molecule is CC(CC(N)=O)n1c(SCC(=O)O)nc2cc(Cl)ccc21. The minimum absolute atomic E-state index is 0.111. The highest BCUT2D eigenvalue weighted by molar-refractivity contribution is 7.99. The molecule has 0 radical (unpaired) electrons. The number of fused-ring (bicyclic) bond motifs is 1. The summed E-state index contributed by atoms with van der Waals surface area (Å²) < 4.78 is 1.82. The third kappa shape index (κ3) is 3.68. The van der Waals surface area contributed by atoms with E-state index in [1.807, 2.05) is 11.5 Å². The van der Waals surface area contributed by atoms with Crippen molar-refractivity contribution in [3.05, 3.63) is 23.2 Å². The lowest BCUT2D eigenvalue weighted by atomic mass is 10.2. The van der Waals surface area contributed by atoms with Crippen LogP contribution in [0.3, 0.4) is 0 Å². The molecule has 112 valence electrons. The van der Waals surface area contributed by atoms with E-state index in [9.17, 15) is 9.59 Å². The molecule has 21 heavy (non-hydrogen) atoms. The van der Waals surface area contributed by atoms with E-state index in [4.69, 9.17) is 22.4 Å². The summed E-state index contributed by atoms with van der Waals surface area (Å²) in [5, 5.41) is 9.89. The zero-order chi connectivity index (χ0) is 15.6. The molecule has 1 aromatic carbocycles. The number of rotatable bonds is 6. The molecule has 1 heterocycles. The molecule has 2 rings (SSSR count). The van der Waals surface area contributed by atoms with Crippen LogP contribution in [0.1, 0.15) is 19.4 Å². The van der Waals surface area contributed by atoms with Crippen molar-refractivity contribution in [3.63, 3.8) is 0 Å². The predicted octanol–water partition coefficient (Wildman–Crippen LogP) is 2.30. The van der Waals surface area contributed by atoms with Gasteiger partial charge in [-0.05, 0) is 25.1 Å². The van der Waals surface area contributed by atoms with Crippen LogP contribution in [-0.4, -0.2) is 32.3 Å². The molecule has 0 bridgehead atoms. The zero-order valence-electron chi connectivity index (χ0n) is 11.2. The van der Waals surface area contributed by atoms with Gasteiger partial charge >= 0.3 is 5.97 Å². The molecular formula is C13H14ClN3O3S. The van der Waals surface area contributed by atoms with E-state index in [1.54, 1.807) is 18.2 Å². The highest BCUT2D eigenvalue weighted by atomic mass is 35.5.